The first-order chi connectivity index (χ1) is 8.56. The van der Waals surface area contributed by atoms with Crippen LogP contribution in [0.2, 0.25) is 0 Å². The van der Waals surface area contributed by atoms with Gasteiger partial charge in [-0.3, -0.25) is 4.90 Å². The van der Waals surface area contributed by atoms with Crippen molar-refractivity contribution in [3.63, 3.8) is 0 Å². The summed E-state index contributed by atoms with van der Waals surface area (Å²) in [5.74, 6) is 0. The molecular formula is C11H24N4O2S. The Balaban J connectivity index is 1.85. The van der Waals surface area contributed by atoms with Gasteiger partial charge in [0.25, 0.3) is 10.2 Å². The number of rotatable bonds is 6. The van der Waals surface area contributed by atoms with Crippen molar-refractivity contribution in [2.75, 3.05) is 32.7 Å². The highest BCUT2D eigenvalue weighted by Crippen LogP contribution is 2.21. The fourth-order valence-corrected chi connectivity index (χ4v) is 3.82. The predicted octanol–water partition coefficient (Wildman–Crippen LogP) is -0.662. The molecule has 2 fully saturated rings. The Bertz CT molecular complexity index is 357. The summed E-state index contributed by atoms with van der Waals surface area (Å²) in [5, 5.41) is 0. The van der Waals surface area contributed by atoms with Gasteiger partial charge in [-0.15, -0.1) is 0 Å². The van der Waals surface area contributed by atoms with Crippen molar-refractivity contribution in [1.82, 2.24) is 13.9 Å². The molecule has 0 bridgehead atoms. The molecule has 0 aromatic heterocycles. The number of hydrogen-bond acceptors (Lipinski definition) is 4. The molecule has 1 heterocycles. The van der Waals surface area contributed by atoms with E-state index in [2.05, 4.69) is 16.5 Å². The zero-order valence-electron chi connectivity index (χ0n) is 11.0. The minimum Gasteiger partial charge on any atom is -0.329 e. The van der Waals surface area contributed by atoms with E-state index >= 15 is 0 Å². The van der Waals surface area contributed by atoms with Crippen LogP contribution in [-0.2, 0) is 10.2 Å². The van der Waals surface area contributed by atoms with Crippen molar-refractivity contribution in [3.8, 4) is 0 Å². The van der Waals surface area contributed by atoms with Crippen LogP contribution in [0.4, 0.5) is 0 Å². The average molecular weight is 276 g/mol. The summed E-state index contributed by atoms with van der Waals surface area (Å²) in [4.78, 5) is 2.29. The molecule has 1 saturated carbocycles. The first-order valence-electron chi connectivity index (χ1n) is 6.78. The molecule has 0 aromatic rings. The van der Waals surface area contributed by atoms with Crippen LogP contribution in [0.3, 0.4) is 0 Å². The third-order valence-corrected chi connectivity index (χ3v) is 5.44. The van der Waals surface area contributed by atoms with Gasteiger partial charge >= 0.3 is 0 Å². The first kappa shape index (κ1) is 14.2. The van der Waals surface area contributed by atoms with E-state index in [4.69, 9.17) is 5.73 Å². The van der Waals surface area contributed by atoms with E-state index in [1.807, 2.05) is 0 Å². The van der Waals surface area contributed by atoms with Crippen molar-refractivity contribution >= 4 is 10.2 Å². The summed E-state index contributed by atoms with van der Waals surface area (Å²) in [6.07, 6.45) is 2.97. The van der Waals surface area contributed by atoms with Gasteiger partial charge in [0.05, 0.1) is 0 Å². The highest BCUT2D eigenvalue weighted by molar-refractivity contribution is 7.87. The van der Waals surface area contributed by atoms with Gasteiger partial charge in [0, 0.05) is 44.8 Å². The standard InChI is InChI=1S/C11H24N4O2S/c1-2-11(9-12)14-5-7-15(8-6-14)18(16,17)13-10-3-4-10/h10-11,13H,2-9,12H2,1H3. The maximum absolute atomic E-state index is 12.0. The summed E-state index contributed by atoms with van der Waals surface area (Å²) >= 11 is 0. The topological polar surface area (TPSA) is 78.7 Å². The minimum absolute atomic E-state index is 0.181. The van der Waals surface area contributed by atoms with E-state index in [-0.39, 0.29) is 6.04 Å². The molecule has 18 heavy (non-hydrogen) atoms. The quantitative estimate of drug-likeness (QED) is 0.675. The Hall–Kier alpha value is -0.210. The van der Waals surface area contributed by atoms with Gasteiger partial charge in [-0.2, -0.15) is 17.4 Å². The van der Waals surface area contributed by atoms with Gasteiger partial charge in [-0.05, 0) is 19.3 Å². The molecule has 0 radical (unpaired) electrons. The Kier molecular flexibility index (Phi) is 4.60. The normalized spacial score (nSPS) is 25.2. The van der Waals surface area contributed by atoms with Crippen LogP contribution >= 0.6 is 0 Å². The molecule has 2 aliphatic rings. The lowest BCUT2D eigenvalue weighted by molar-refractivity contribution is 0.136. The van der Waals surface area contributed by atoms with Crippen LogP contribution in [0.5, 0.6) is 0 Å². The number of hydrogen-bond donors (Lipinski definition) is 2. The molecule has 106 valence electrons. The Morgan fingerprint density at radius 3 is 2.33 bits per heavy atom. The zero-order chi connectivity index (χ0) is 13.2. The van der Waals surface area contributed by atoms with Crippen molar-refractivity contribution in [2.24, 2.45) is 5.73 Å². The summed E-state index contributed by atoms with van der Waals surface area (Å²) in [5.41, 5.74) is 5.72. The summed E-state index contributed by atoms with van der Waals surface area (Å²) in [6.45, 7) is 5.46. The van der Waals surface area contributed by atoms with Gasteiger partial charge in [0.2, 0.25) is 0 Å². The van der Waals surface area contributed by atoms with Crippen LogP contribution in [0.1, 0.15) is 26.2 Å². The molecule has 1 atom stereocenters. The lowest BCUT2D eigenvalue weighted by Gasteiger charge is -2.38. The smallest absolute Gasteiger partial charge is 0.279 e. The summed E-state index contributed by atoms with van der Waals surface area (Å²) in [7, 11) is -3.26. The fraction of sp³-hybridized carbons (Fsp3) is 1.00. The highest BCUT2D eigenvalue weighted by Gasteiger charge is 2.33. The number of nitrogens with zero attached hydrogens (tertiary/aromatic N) is 2. The number of piperazine rings is 1. The molecule has 6 nitrogen and oxygen atoms in total. The number of nitrogens with one attached hydrogen (secondary N) is 1. The van der Waals surface area contributed by atoms with Crippen molar-refractivity contribution in [1.29, 1.82) is 0 Å². The Labute approximate surface area is 110 Å². The second kappa shape index (κ2) is 5.83. The average Bonchev–Trinajstić information content (AvgIpc) is 3.14. The molecule has 0 spiro atoms. The maximum atomic E-state index is 12.0. The molecule has 1 aliphatic carbocycles. The SMILES string of the molecule is CCC(CN)N1CCN(S(=O)(=O)NC2CC2)CC1. The molecule has 0 aromatic carbocycles. The lowest BCUT2D eigenvalue weighted by Crippen LogP contribution is -2.55. The van der Waals surface area contributed by atoms with Crippen LogP contribution in [-0.4, -0.2) is 62.4 Å². The minimum atomic E-state index is -3.26. The van der Waals surface area contributed by atoms with Crippen LogP contribution in [0.15, 0.2) is 0 Å². The third kappa shape index (κ3) is 3.42. The maximum Gasteiger partial charge on any atom is 0.279 e. The van der Waals surface area contributed by atoms with Crippen LogP contribution < -0.4 is 10.5 Å². The van der Waals surface area contributed by atoms with Crippen LogP contribution in [0.25, 0.3) is 0 Å². The lowest BCUT2D eigenvalue weighted by atomic mass is 10.1. The molecule has 7 heteroatoms. The van der Waals surface area contributed by atoms with Gasteiger partial charge in [0.15, 0.2) is 0 Å². The van der Waals surface area contributed by atoms with E-state index in [9.17, 15) is 8.42 Å². The van der Waals surface area contributed by atoms with Gasteiger partial charge in [-0.1, -0.05) is 6.92 Å². The Morgan fingerprint density at radius 2 is 1.89 bits per heavy atom. The third-order valence-electron chi connectivity index (χ3n) is 3.77. The molecule has 1 aliphatic heterocycles. The van der Waals surface area contributed by atoms with Crippen molar-refractivity contribution in [2.45, 2.75) is 38.3 Å². The molecular weight excluding hydrogens is 252 g/mol. The molecule has 2 rings (SSSR count). The second-order valence-electron chi connectivity index (χ2n) is 5.13. The van der Waals surface area contributed by atoms with Gasteiger partial charge in [0.1, 0.15) is 0 Å². The molecule has 0 amide bonds. The van der Waals surface area contributed by atoms with Crippen molar-refractivity contribution < 1.29 is 8.42 Å². The van der Waals surface area contributed by atoms with Crippen molar-refractivity contribution in [3.05, 3.63) is 0 Å². The highest BCUT2D eigenvalue weighted by atomic mass is 32.2. The van der Waals surface area contributed by atoms with Gasteiger partial charge < -0.3 is 5.73 Å². The van der Waals surface area contributed by atoms with Gasteiger partial charge in [-0.25, -0.2) is 0 Å². The van der Waals surface area contributed by atoms with E-state index < -0.39 is 10.2 Å². The Morgan fingerprint density at radius 1 is 1.28 bits per heavy atom. The molecule has 3 N–H and O–H groups in total. The van der Waals surface area contributed by atoms with E-state index in [0.717, 1.165) is 32.4 Å². The predicted molar refractivity (Wildman–Crippen MR) is 71.4 cm³/mol. The largest absolute Gasteiger partial charge is 0.329 e. The van der Waals surface area contributed by atoms with Crippen LogP contribution in [0, 0.1) is 0 Å². The zero-order valence-corrected chi connectivity index (χ0v) is 11.8. The fourth-order valence-electron chi connectivity index (χ4n) is 2.37. The second-order valence-corrected chi connectivity index (χ2v) is 6.83. The summed E-state index contributed by atoms with van der Waals surface area (Å²) in [6, 6.07) is 0.562. The number of nitrogens with two attached hydrogens (primary N) is 1. The molecule has 1 saturated heterocycles. The summed E-state index contributed by atoms with van der Waals surface area (Å²) < 4.78 is 28.3. The van der Waals surface area contributed by atoms with E-state index in [0.29, 0.717) is 25.7 Å². The van der Waals surface area contributed by atoms with E-state index in [1.165, 1.54) is 0 Å². The van der Waals surface area contributed by atoms with E-state index in [1.54, 1.807) is 4.31 Å². The monoisotopic (exact) mass is 276 g/mol. The molecule has 1 unspecified atom stereocenters. The first-order valence-corrected chi connectivity index (χ1v) is 8.22.